The molecule has 0 saturated heterocycles. The van der Waals surface area contributed by atoms with Crippen molar-refractivity contribution in [1.82, 2.24) is 5.12 Å². The normalized spacial score (nSPS) is 29.4. The molecule has 1 aliphatic heterocycles. The minimum absolute atomic E-state index is 0.532. The molecule has 0 aromatic carbocycles. The average Bonchev–Trinajstić information content (AvgIpc) is 1.87. The van der Waals surface area contributed by atoms with Crippen molar-refractivity contribution >= 4 is 6.21 Å². The van der Waals surface area contributed by atoms with E-state index in [0.29, 0.717) is 6.04 Å². The first-order chi connectivity index (χ1) is 3.29. The minimum Gasteiger partial charge on any atom is -0.220 e. The molecule has 0 spiro atoms. The zero-order valence-electron chi connectivity index (χ0n) is 4.63. The van der Waals surface area contributed by atoms with E-state index in [1.807, 2.05) is 18.4 Å². The molecule has 3 heteroatoms. The van der Waals surface area contributed by atoms with Crippen LogP contribution < -0.4 is 5.43 Å². The summed E-state index contributed by atoms with van der Waals surface area (Å²) in [6.07, 6.45) is 1.92. The van der Waals surface area contributed by atoms with E-state index in [1.54, 1.807) is 0 Å². The zero-order chi connectivity index (χ0) is 5.28. The largest absolute Gasteiger partial charge is 0.220 e. The Morgan fingerprint density at radius 3 is 2.71 bits per heavy atom. The molecule has 0 aromatic heterocycles. The number of hydrogen-bond acceptors (Lipinski definition) is 2. The van der Waals surface area contributed by atoms with Gasteiger partial charge in [0.2, 0.25) is 0 Å². The smallest absolute Gasteiger partial charge is 0.144 e. The van der Waals surface area contributed by atoms with Gasteiger partial charge in [-0.3, -0.25) is 0 Å². The second-order valence-electron chi connectivity index (χ2n) is 1.85. The fraction of sp³-hybridized carbons (Fsp3) is 0.750. The molecule has 40 valence electrons. The van der Waals surface area contributed by atoms with Crippen LogP contribution >= 0.6 is 0 Å². The summed E-state index contributed by atoms with van der Waals surface area (Å²) >= 11 is 0. The molecular weight excluding hydrogens is 90.1 g/mol. The van der Waals surface area contributed by atoms with Crippen LogP contribution in [-0.2, 0) is 0 Å². The van der Waals surface area contributed by atoms with Crippen LogP contribution in [0.4, 0.5) is 0 Å². The highest BCUT2D eigenvalue weighted by Crippen LogP contribution is 1.77. The van der Waals surface area contributed by atoms with Gasteiger partial charge in [0.05, 0.1) is 13.3 Å². The Morgan fingerprint density at radius 1 is 1.86 bits per heavy atom. The highest BCUT2D eigenvalue weighted by atomic mass is 15.7. The van der Waals surface area contributed by atoms with Crippen LogP contribution in [0.3, 0.4) is 0 Å². The van der Waals surface area contributed by atoms with E-state index in [9.17, 15) is 0 Å². The number of rotatable bonds is 0. The molecule has 1 rings (SSSR count). The molecule has 3 nitrogen and oxygen atoms in total. The Morgan fingerprint density at radius 2 is 2.57 bits per heavy atom. The van der Waals surface area contributed by atoms with Crippen molar-refractivity contribution in [3.8, 4) is 0 Å². The van der Waals surface area contributed by atoms with Gasteiger partial charge in [0.25, 0.3) is 0 Å². The number of nitrogens with zero attached hydrogens (tertiary/aromatic N) is 2. The van der Waals surface area contributed by atoms with Crippen LogP contribution in [0.5, 0.6) is 0 Å². The summed E-state index contributed by atoms with van der Waals surface area (Å²) in [5.41, 5.74) is 2.06. The van der Waals surface area contributed by atoms with Crippen LogP contribution in [0.2, 0.25) is 0 Å². The van der Waals surface area contributed by atoms with Crippen molar-refractivity contribution < 1.29 is 5.43 Å². The predicted molar refractivity (Wildman–Crippen MR) is 27.6 cm³/mol. The maximum atomic E-state index is 3.97. The second-order valence-corrected chi connectivity index (χ2v) is 1.85. The van der Waals surface area contributed by atoms with Crippen LogP contribution in [0.1, 0.15) is 6.92 Å². The van der Waals surface area contributed by atoms with Crippen molar-refractivity contribution in [2.45, 2.75) is 13.0 Å². The van der Waals surface area contributed by atoms with Crippen molar-refractivity contribution in [1.29, 1.82) is 0 Å². The molecule has 1 atom stereocenters. The summed E-state index contributed by atoms with van der Waals surface area (Å²) < 4.78 is 0. The molecule has 0 radical (unpaired) electrons. The fourth-order valence-electron chi connectivity index (χ4n) is 0.628. The van der Waals surface area contributed by atoms with Crippen LogP contribution in [0.25, 0.3) is 0 Å². The average molecular weight is 100 g/mol. The summed E-state index contributed by atoms with van der Waals surface area (Å²) in [4.78, 5) is 0. The third-order valence-corrected chi connectivity index (χ3v) is 0.935. The van der Waals surface area contributed by atoms with Gasteiger partial charge in [-0.1, -0.05) is 0 Å². The molecule has 0 aliphatic carbocycles. The van der Waals surface area contributed by atoms with Gasteiger partial charge < -0.3 is 0 Å². The lowest BCUT2D eigenvalue weighted by atomic mass is 10.4. The third-order valence-electron chi connectivity index (χ3n) is 0.935. The van der Waals surface area contributed by atoms with Gasteiger partial charge >= 0.3 is 0 Å². The fourth-order valence-corrected chi connectivity index (χ4v) is 0.628. The van der Waals surface area contributed by atoms with E-state index >= 15 is 0 Å². The highest BCUT2D eigenvalue weighted by molar-refractivity contribution is 5.61. The lowest BCUT2D eigenvalue weighted by Gasteiger charge is -2.01. The number of hydrazone groups is 1. The Balaban J connectivity index is 2.42. The molecule has 1 aliphatic rings. The van der Waals surface area contributed by atoms with Crippen molar-refractivity contribution in [3.63, 3.8) is 0 Å². The lowest BCUT2D eigenvalue weighted by molar-refractivity contribution is -0.804. The molecule has 0 amide bonds. The molecule has 1 unspecified atom stereocenters. The topological polar surface area (TPSA) is 32.2 Å². The van der Waals surface area contributed by atoms with E-state index in [0.717, 1.165) is 0 Å². The lowest BCUT2D eigenvalue weighted by Crippen LogP contribution is -2.93. The number of nitrogens with two attached hydrogens (primary N) is 1. The van der Waals surface area contributed by atoms with Crippen LogP contribution in [0.15, 0.2) is 5.10 Å². The van der Waals surface area contributed by atoms with Crippen molar-refractivity contribution in [3.05, 3.63) is 0 Å². The van der Waals surface area contributed by atoms with Gasteiger partial charge in [-0.25, -0.2) is 5.43 Å². The van der Waals surface area contributed by atoms with E-state index < -0.39 is 0 Å². The molecule has 0 fully saturated rings. The van der Waals surface area contributed by atoms with Gasteiger partial charge in [0, 0.05) is 0 Å². The highest BCUT2D eigenvalue weighted by Gasteiger charge is 2.09. The number of quaternary nitrogens is 1. The van der Waals surface area contributed by atoms with E-state index in [4.69, 9.17) is 0 Å². The second kappa shape index (κ2) is 1.50. The van der Waals surface area contributed by atoms with Crippen LogP contribution in [0, 0.1) is 0 Å². The Kier molecular flexibility index (Phi) is 0.982. The first-order valence-corrected chi connectivity index (χ1v) is 2.41. The van der Waals surface area contributed by atoms with Gasteiger partial charge in [-0.2, -0.15) is 0 Å². The maximum Gasteiger partial charge on any atom is 0.144 e. The SMILES string of the molecule is CC1C=NN(C)[NH2+]1. The maximum absolute atomic E-state index is 3.97. The Hall–Kier alpha value is -0.570. The molecule has 0 saturated carbocycles. The van der Waals surface area contributed by atoms with E-state index in [1.165, 1.54) is 0 Å². The first kappa shape index (κ1) is 4.59. The first-order valence-electron chi connectivity index (χ1n) is 2.41. The summed E-state index contributed by atoms with van der Waals surface area (Å²) in [7, 11) is 1.93. The molecular formula is C4H10N3+. The van der Waals surface area contributed by atoms with Gasteiger partial charge in [0.15, 0.2) is 0 Å². The van der Waals surface area contributed by atoms with Crippen molar-refractivity contribution in [2.24, 2.45) is 5.10 Å². The molecule has 0 aromatic rings. The van der Waals surface area contributed by atoms with E-state index in [2.05, 4.69) is 17.5 Å². The van der Waals surface area contributed by atoms with Gasteiger partial charge in [0.1, 0.15) is 6.04 Å². The van der Waals surface area contributed by atoms with E-state index in [-0.39, 0.29) is 0 Å². The zero-order valence-corrected chi connectivity index (χ0v) is 4.63. The Bertz CT molecular complexity index is 78.9. The third kappa shape index (κ3) is 0.899. The summed E-state index contributed by atoms with van der Waals surface area (Å²) in [6.45, 7) is 2.10. The molecule has 1 heterocycles. The summed E-state index contributed by atoms with van der Waals surface area (Å²) in [5, 5.41) is 5.79. The van der Waals surface area contributed by atoms with Gasteiger partial charge in [-0.05, 0) is 6.92 Å². The minimum atomic E-state index is 0.532. The molecule has 7 heavy (non-hydrogen) atoms. The number of hydrogen-bond donors (Lipinski definition) is 1. The van der Waals surface area contributed by atoms with Crippen molar-refractivity contribution in [2.75, 3.05) is 7.05 Å². The predicted octanol–water partition coefficient (Wildman–Crippen LogP) is -1.22. The monoisotopic (exact) mass is 100 g/mol. The molecule has 2 N–H and O–H groups in total. The quantitative estimate of drug-likeness (QED) is 0.380. The summed E-state index contributed by atoms with van der Waals surface area (Å²) in [5.74, 6) is 0. The Labute approximate surface area is 43.0 Å². The standard InChI is InChI=1S/C4H9N3/c1-4-3-5-7(2)6-4/h3-4,6H,1-2H3/p+1. The van der Waals surface area contributed by atoms with Gasteiger partial charge in [-0.15, -0.1) is 10.2 Å². The summed E-state index contributed by atoms with van der Waals surface area (Å²) in [6, 6.07) is 0.532. The van der Waals surface area contributed by atoms with Crippen LogP contribution in [-0.4, -0.2) is 24.4 Å². The molecule has 0 bridgehead atoms.